The van der Waals surface area contributed by atoms with E-state index in [2.05, 4.69) is 0 Å². The van der Waals surface area contributed by atoms with Gasteiger partial charge < -0.3 is 0 Å². The standard InChI is InChI=1S/C4H6NO2P/c1-4(2,3-5)8(6)7/h1-2H3/p+1. The van der Waals surface area contributed by atoms with Crippen molar-refractivity contribution in [1.82, 2.24) is 0 Å². The molecule has 0 saturated carbocycles. The molecule has 0 spiro atoms. The zero-order valence-electron chi connectivity index (χ0n) is 4.75. The van der Waals surface area contributed by atoms with Gasteiger partial charge in [-0.2, -0.15) is 10.2 Å². The van der Waals surface area contributed by atoms with Gasteiger partial charge in [-0.25, -0.2) is 0 Å². The van der Waals surface area contributed by atoms with Crippen molar-refractivity contribution in [2.75, 3.05) is 0 Å². The summed E-state index contributed by atoms with van der Waals surface area (Å²) in [7, 11) is -2.35. The van der Waals surface area contributed by atoms with Crippen LogP contribution in [0.15, 0.2) is 0 Å². The van der Waals surface area contributed by atoms with Crippen molar-refractivity contribution in [1.29, 1.82) is 5.26 Å². The molecule has 0 radical (unpaired) electrons. The molecule has 44 valence electrons. The summed E-state index contributed by atoms with van der Waals surface area (Å²) in [5, 5.41) is 7.08. The highest BCUT2D eigenvalue weighted by Crippen LogP contribution is 2.32. The molecule has 0 rings (SSSR count). The van der Waals surface area contributed by atoms with E-state index < -0.39 is 13.2 Å². The molecule has 0 saturated heterocycles. The molecule has 0 bridgehead atoms. The van der Waals surface area contributed by atoms with Crippen molar-refractivity contribution in [2.45, 2.75) is 19.0 Å². The maximum absolute atomic E-state index is 10.2. The Morgan fingerprint density at radius 1 is 1.75 bits per heavy atom. The zero-order valence-corrected chi connectivity index (χ0v) is 5.64. The predicted molar refractivity (Wildman–Crippen MR) is 29.5 cm³/mol. The minimum absolute atomic E-state index is 1.09. The second-order valence-corrected chi connectivity index (χ2v) is 3.61. The highest BCUT2D eigenvalue weighted by atomic mass is 31.1. The lowest BCUT2D eigenvalue weighted by Crippen LogP contribution is -2.09. The summed E-state index contributed by atoms with van der Waals surface area (Å²) in [5.74, 6) is 0. The molecule has 0 aliphatic carbocycles. The van der Waals surface area contributed by atoms with Crippen molar-refractivity contribution in [3.8, 4) is 6.07 Å². The Labute approximate surface area is 48.8 Å². The van der Waals surface area contributed by atoms with Crippen LogP contribution in [-0.2, 0) is 4.57 Å². The van der Waals surface area contributed by atoms with Gasteiger partial charge in [0.1, 0.15) is 6.07 Å². The lowest BCUT2D eigenvalue weighted by atomic mass is 10.2. The van der Waals surface area contributed by atoms with Crippen LogP contribution in [0.1, 0.15) is 13.8 Å². The molecule has 0 fully saturated rings. The Bertz CT molecular complexity index is 147. The lowest BCUT2D eigenvalue weighted by molar-refractivity contribution is 0.483. The Kier molecular flexibility index (Phi) is 2.09. The molecular formula is C4H7NO2P+. The summed E-state index contributed by atoms with van der Waals surface area (Å²) >= 11 is 0. The van der Waals surface area contributed by atoms with Gasteiger partial charge >= 0.3 is 8.03 Å². The first kappa shape index (κ1) is 7.55. The van der Waals surface area contributed by atoms with Crippen molar-refractivity contribution < 1.29 is 9.46 Å². The van der Waals surface area contributed by atoms with Gasteiger partial charge in [0.25, 0.3) is 5.16 Å². The van der Waals surface area contributed by atoms with Crippen LogP contribution in [0.4, 0.5) is 0 Å². The van der Waals surface area contributed by atoms with Gasteiger partial charge in [0, 0.05) is 13.8 Å². The van der Waals surface area contributed by atoms with Crippen molar-refractivity contribution in [2.24, 2.45) is 0 Å². The smallest absolute Gasteiger partial charge is 0.193 e. The van der Waals surface area contributed by atoms with E-state index in [4.69, 9.17) is 10.2 Å². The van der Waals surface area contributed by atoms with Crippen LogP contribution in [-0.4, -0.2) is 10.0 Å². The van der Waals surface area contributed by atoms with E-state index in [0.29, 0.717) is 0 Å². The molecule has 8 heavy (non-hydrogen) atoms. The van der Waals surface area contributed by atoms with Gasteiger partial charge in [0.05, 0.1) is 0 Å². The molecule has 0 aliphatic heterocycles. The monoisotopic (exact) mass is 132 g/mol. The quantitative estimate of drug-likeness (QED) is 0.542. The molecule has 0 aromatic rings. The van der Waals surface area contributed by atoms with E-state index in [0.717, 1.165) is 0 Å². The van der Waals surface area contributed by atoms with Crippen LogP contribution in [0, 0.1) is 11.3 Å². The second-order valence-electron chi connectivity index (χ2n) is 1.94. The summed E-state index contributed by atoms with van der Waals surface area (Å²) in [6.45, 7) is 2.84. The van der Waals surface area contributed by atoms with E-state index in [1.165, 1.54) is 13.8 Å². The average Bonchev–Trinajstić information content (AvgIpc) is 1.67. The third-order valence-corrected chi connectivity index (χ3v) is 1.81. The highest BCUT2D eigenvalue weighted by Gasteiger charge is 2.38. The first-order valence-corrected chi connectivity index (χ1v) is 3.29. The van der Waals surface area contributed by atoms with Crippen LogP contribution in [0.3, 0.4) is 0 Å². The van der Waals surface area contributed by atoms with Gasteiger partial charge in [-0.1, -0.05) is 0 Å². The molecular weight excluding hydrogens is 125 g/mol. The molecule has 0 aromatic heterocycles. The van der Waals surface area contributed by atoms with Crippen molar-refractivity contribution >= 4 is 8.03 Å². The third kappa shape index (κ3) is 1.57. The summed E-state index contributed by atoms with van der Waals surface area (Å²) in [6.07, 6.45) is 0. The Morgan fingerprint density at radius 2 is 2.12 bits per heavy atom. The van der Waals surface area contributed by atoms with Crippen LogP contribution in [0.5, 0.6) is 0 Å². The molecule has 0 aromatic carbocycles. The maximum Gasteiger partial charge on any atom is 0.526 e. The minimum atomic E-state index is -2.35. The molecule has 0 amide bonds. The number of rotatable bonds is 1. The van der Waals surface area contributed by atoms with E-state index in [-0.39, 0.29) is 0 Å². The summed E-state index contributed by atoms with van der Waals surface area (Å²) < 4.78 is 10.2. The molecule has 1 atom stereocenters. The van der Waals surface area contributed by atoms with Gasteiger partial charge in [-0.3, -0.25) is 0 Å². The van der Waals surface area contributed by atoms with E-state index >= 15 is 0 Å². The molecule has 3 nitrogen and oxygen atoms in total. The van der Waals surface area contributed by atoms with E-state index in [1.54, 1.807) is 6.07 Å². The molecule has 1 N–H and O–H groups in total. The first-order chi connectivity index (χ1) is 3.50. The fourth-order valence-corrected chi connectivity index (χ4v) is 0.128. The van der Waals surface area contributed by atoms with E-state index in [9.17, 15) is 4.57 Å². The molecule has 0 aliphatic rings. The van der Waals surface area contributed by atoms with Gasteiger partial charge in [0.15, 0.2) is 0 Å². The number of hydrogen-bond donors (Lipinski definition) is 1. The van der Waals surface area contributed by atoms with Crippen molar-refractivity contribution in [3.63, 3.8) is 0 Å². The van der Waals surface area contributed by atoms with Crippen LogP contribution >= 0.6 is 8.03 Å². The zero-order chi connectivity index (χ0) is 6.78. The Hall–Kier alpha value is -0.450. The van der Waals surface area contributed by atoms with Gasteiger partial charge in [-0.05, 0) is 4.57 Å². The molecule has 1 unspecified atom stereocenters. The van der Waals surface area contributed by atoms with Crippen LogP contribution in [0.25, 0.3) is 0 Å². The first-order valence-electron chi connectivity index (χ1n) is 2.08. The topological polar surface area (TPSA) is 61.1 Å². The third-order valence-electron chi connectivity index (χ3n) is 0.752. The average molecular weight is 132 g/mol. The minimum Gasteiger partial charge on any atom is -0.193 e. The van der Waals surface area contributed by atoms with Crippen LogP contribution in [0.2, 0.25) is 0 Å². The highest BCUT2D eigenvalue weighted by molar-refractivity contribution is 7.40. The summed E-state index contributed by atoms with van der Waals surface area (Å²) in [5.41, 5.74) is 0. The molecule has 0 heterocycles. The van der Waals surface area contributed by atoms with Gasteiger partial charge in [0.2, 0.25) is 0 Å². The number of nitrogens with zero attached hydrogens (tertiary/aromatic N) is 1. The summed E-state index contributed by atoms with van der Waals surface area (Å²) in [6, 6.07) is 1.71. The van der Waals surface area contributed by atoms with Crippen LogP contribution < -0.4 is 0 Å². The second kappa shape index (κ2) is 2.21. The normalized spacial score (nSPS) is 12.5. The largest absolute Gasteiger partial charge is 0.526 e. The van der Waals surface area contributed by atoms with Crippen molar-refractivity contribution in [3.05, 3.63) is 0 Å². The lowest BCUT2D eigenvalue weighted by Gasteiger charge is -1.92. The fraction of sp³-hybridized carbons (Fsp3) is 0.750. The predicted octanol–water partition coefficient (Wildman–Crippen LogP) is 1.02. The fourth-order valence-electron chi connectivity index (χ4n) is 0.0428. The Morgan fingerprint density at radius 3 is 2.12 bits per heavy atom. The Balaban J connectivity index is 4.19. The molecule has 4 heteroatoms. The van der Waals surface area contributed by atoms with Gasteiger partial charge in [-0.15, -0.1) is 0 Å². The SMILES string of the molecule is CC(C)(C#N)[P+](=O)O. The number of hydrogen-bond acceptors (Lipinski definition) is 2. The van der Waals surface area contributed by atoms with E-state index in [1.807, 2.05) is 0 Å². The number of nitriles is 1. The maximum atomic E-state index is 10.2. The summed E-state index contributed by atoms with van der Waals surface area (Å²) in [4.78, 5) is 8.37.